The van der Waals surface area contributed by atoms with Crippen LogP contribution >= 0.6 is 0 Å². The average molecular weight is 237 g/mol. The van der Waals surface area contributed by atoms with E-state index in [1.54, 1.807) is 0 Å². The Kier molecular flexibility index (Phi) is 6.01. The summed E-state index contributed by atoms with van der Waals surface area (Å²) in [7, 11) is 0. The Bertz CT molecular complexity index is 328. The molecule has 0 aliphatic heterocycles. The van der Waals surface area contributed by atoms with E-state index in [1.807, 2.05) is 25.1 Å². The predicted molar refractivity (Wildman–Crippen MR) is 70.3 cm³/mol. The topological polar surface area (TPSA) is 41.5 Å². The summed E-state index contributed by atoms with van der Waals surface area (Å²) in [5.74, 6) is 0.936. The minimum absolute atomic E-state index is 0.216. The Labute approximate surface area is 104 Å². The second-order valence-corrected chi connectivity index (χ2v) is 4.27. The zero-order chi connectivity index (χ0) is 12.7. The van der Waals surface area contributed by atoms with Gasteiger partial charge in [0, 0.05) is 24.3 Å². The van der Waals surface area contributed by atoms with E-state index in [4.69, 9.17) is 9.84 Å². The van der Waals surface area contributed by atoms with Crippen molar-refractivity contribution >= 4 is 0 Å². The van der Waals surface area contributed by atoms with Crippen molar-refractivity contribution in [1.29, 1.82) is 0 Å². The first-order chi connectivity index (χ1) is 8.19. The average Bonchev–Trinajstić information content (AvgIpc) is 2.30. The van der Waals surface area contributed by atoms with Crippen LogP contribution in [0.2, 0.25) is 0 Å². The summed E-state index contributed by atoms with van der Waals surface area (Å²) >= 11 is 0. The van der Waals surface area contributed by atoms with Crippen molar-refractivity contribution in [2.24, 2.45) is 0 Å². The van der Waals surface area contributed by atoms with Gasteiger partial charge in [0.15, 0.2) is 0 Å². The third-order valence-electron chi connectivity index (χ3n) is 2.78. The van der Waals surface area contributed by atoms with Crippen LogP contribution in [-0.4, -0.2) is 24.4 Å². The van der Waals surface area contributed by atoms with Gasteiger partial charge in [-0.15, -0.1) is 0 Å². The molecule has 0 spiro atoms. The van der Waals surface area contributed by atoms with Gasteiger partial charge in [0.1, 0.15) is 5.75 Å². The fourth-order valence-electron chi connectivity index (χ4n) is 1.92. The highest BCUT2D eigenvalue weighted by Gasteiger charge is 2.13. The molecule has 1 rings (SSSR count). The lowest BCUT2D eigenvalue weighted by Gasteiger charge is -2.21. The molecular weight excluding hydrogens is 214 g/mol. The van der Waals surface area contributed by atoms with Crippen molar-refractivity contribution in [3.8, 4) is 5.75 Å². The number of aliphatic hydroxyl groups is 1. The van der Waals surface area contributed by atoms with Crippen molar-refractivity contribution < 1.29 is 9.84 Å². The molecule has 3 nitrogen and oxygen atoms in total. The van der Waals surface area contributed by atoms with Crippen molar-refractivity contribution in [2.45, 2.75) is 39.3 Å². The third-order valence-corrected chi connectivity index (χ3v) is 2.78. The summed E-state index contributed by atoms with van der Waals surface area (Å²) in [4.78, 5) is 0. The minimum Gasteiger partial charge on any atom is -0.494 e. The van der Waals surface area contributed by atoms with E-state index in [-0.39, 0.29) is 12.6 Å². The number of nitrogens with one attached hydrogen (secondary N) is 1. The number of hydrogen-bond donors (Lipinski definition) is 2. The molecule has 2 unspecified atom stereocenters. The van der Waals surface area contributed by atoms with Gasteiger partial charge in [-0.3, -0.25) is 0 Å². The minimum atomic E-state index is 0.216. The summed E-state index contributed by atoms with van der Waals surface area (Å²) in [6.07, 6.45) is 0.765. The zero-order valence-corrected chi connectivity index (χ0v) is 10.9. The monoisotopic (exact) mass is 237 g/mol. The first-order valence-corrected chi connectivity index (χ1v) is 6.27. The Morgan fingerprint density at radius 3 is 2.65 bits per heavy atom. The van der Waals surface area contributed by atoms with Gasteiger partial charge < -0.3 is 15.2 Å². The highest BCUT2D eigenvalue weighted by atomic mass is 16.5. The van der Waals surface area contributed by atoms with Crippen LogP contribution < -0.4 is 10.1 Å². The van der Waals surface area contributed by atoms with Gasteiger partial charge >= 0.3 is 0 Å². The second-order valence-electron chi connectivity index (χ2n) is 4.27. The number of aliphatic hydroxyl groups excluding tert-OH is 1. The Hall–Kier alpha value is -1.06. The smallest absolute Gasteiger partial charge is 0.124 e. The normalized spacial score (nSPS) is 14.4. The van der Waals surface area contributed by atoms with Crippen LogP contribution in [0.1, 0.15) is 38.8 Å². The fraction of sp³-hybridized carbons (Fsp3) is 0.571. The SMILES string of the molecule is CCOc1ccccc1C(C)NC(C)CCO. The van der Waals surface area contributed by atoms with Crippen molar-refractivity contribution in [3.05, 3.63) is 29.8 Å². The van der Waals surface area contributed by atoms with Crippen LogP contribution in [0.15, 0.2) is 24.3 Å². The zero-order valence-electron chi connectivity index (χ0n) is 10.9. The first kappa shape index (κ1) is 14.0. The summed E-state index contributed by atoms with van der Waals surface area (Å²) in [6.45, 7) is 7.08. The van der Waals surface area contributed by atoms with E-state index in [0.29, 0.717) is 12.6 Å². The lowest BCUT2D eigenvalue weighted by Crippen LogP contribution is -2.29. The molecule has 2 N–H and O–H groups in total. The molecule has 2 atom stereocenters. The fourth-order valence-corrected chi connectivity index (χ4v) is 1.92. The number of para-hydroxylation sites is 1. The molecule has 0 amide bonds. The summed E-state index contributed by atoms with van der Waals surface area (Å²) < 4.78 is 5.61. The molecular formula is C14H23NO2. The van der Waals surface area contributed by atoms with E-state index in [2.05, 4.69) is 25.2 Å². The molecule has 0 aromatic heterocycles. The Balaban J connectivity index is 2.70. The molecule has 96 valence electrons. The molecule has 0 saturated carbocycles. The van der Waals surface area contributed by atoms with E-state index in [1.165, 1.54) is 5.56 Å². The maximum Gasteiger partial charge on any atom is 0.124 e. The Morgan fingerprint density at radius 2 is 2.00 bits per heavy atom. The van der Waals surface area contributed by atoms with Crippen LogP contribution in [0.5, 0.6) is 5.75 Å². The van der Waals surface area contributed by atoms with Crippen molar-refractivity contribution in [1.82, 2.24) is 5.32 Å². The van der Waals surface area contributed by atoms with Crippen LogP contribution in [0, 0.1) is 0 Å². The molecule has 0 aliphatic rings. The second kappa shape index (κ2) is 7.30. The number of rotatable bonds is 7. The van der Waals surface area contributed by atoms with E-state index in [0.717, 1.165) is 12.2 Å². The lowest BCUT2D eigenvalue weighted by atomic mass is 10.1. The summed E-state index contributed by atoms with van der Waals surface area (Å²) in [5, 5.41) is 12.4. The highest BCUT2D eigenvalue weighted by Crippen LogP contribution is 2.25. The maximum atomic E-state index is 8.89. The van der Waals surface area contributed by atoms with Crippen LogP contribution in [0.3, 0.4) is 0 Å². The van der Waals surface area contributed by atoms with Crippen molar-refractivity contribution in [2.75, 3.05) is 13.2 Å². The standard InChI is InChI=1S/C14H23NO2/c1-4-17-14-8-6-5-7-13(14)12(3)15-11(2)9-10-16/h5-8,11-12,15-16H,4,9-10H2,1-3H3. The number of ether oxygens (including phenoxy) is 1. The number of hydrogen-bond acceptors (Lipinski definition) is 3. The first-order valence-electron chi connectivity index (χ1n) is 6.27. The summed E-state index contributed by atoms with van der Waals surface area (Å²) in [5.41, 5.74) is 1.17. The molecule has 0 radical (unpaired) electrons. The van der Waals surface area contributed by atoms with Gasteiger partial charge in [-0.25, -0.2) is 0 Å². The molecule has 0 heterocycles. The van der Waals surface area contributed by atoms with Crippen LogP contribution in [-0.2, 0) is 0 Å². The maximum absolute atomic E-state index is 8.89. The van der Waals surface area contributed by atoms with Gasteiger partial charge in [-0.05, 0) is 33.3 Å². The van der Waals surface area contributed by atoms with Gasteiger partial charge in [0.25, 0.3) is 0 Å². The third kappa shape index (κ3) is 4.36. The molecule has 0 saturated heterocycles. The van der Waals surface area contributed by atoms with Gasteiger partial charge in [0.2, 0.25) is 0 Å². The predicted octanol–water partition coefficient (Wildman–Crippen LogP) is 2.51. The quantitative estimate of drug-likeness (QED) is 0.765. The highest BCUT2D eigenvalue weighted by molar-refractivity contribution is 5.35. The van der Waals surface area contributed by atoms with E-state index >= 15 is 0 Å². The molecule has 17 heavy (non-hydrogen) atoms. The van der Waals surface area contributed by atoms with Gasteiger partial charge in [0.05, 0.1) is 6.61 Å². The number of benzene rings is 1. The summed E-state index contributed by atoms with van der Waals surface area (Å²) in [6, 6.07) is 8.59. The molecule has 3 heteroatoms. The van der Waals surface area contributed by atoms with E-state index in [9.17, 15) is 0 Å². The van der Waals surface area contributed by atoms with Crippen LogP contribution in [0.4, 0.5) is 0 Å². The molecule has 0 fully saturated rings. The van der Waals surface area contributed by atoms with Crippen molar-refractivity contribution in [3.63, 3.8) is 0 Å². The molecule has 1 aromatic carbocycles. The largest absolute Gasteiger partial charge is 0.494 e. The lowest BCUT2D eigenvalue weighted by molar-refractivity contribution is 0.263. The molecule has 0 aliphatic carbocycles. The van der Waals surface area contributed by atoms with Gasteiger partial charge in [-0.2, -0.15) is 0 Å². The van der Waals surface area contributed by atoms with E-state index < -0.39 is 0 Å². The molecule has 0 bridgehead atoms. The van der Waals surface area contributed by atoms with Gasteiger partial charge in [-0.1, -0.05) is 18.2 Å². The Morgan fingerprint density at radius 1 is 1.29 bits per heavy atom. The molecule has 1 aromatic rings. The van der Waals surface area contributed by atoms with Crippen LogP contribution in [0.25, 0.3) is 0 Å².